The molecule has 1 heterocycles. The van der Waals surface area contributed by atoms with Gasteiger partial charge in [-0.2, -0.15) is 10.2 Å². The van der Waals surface area contributed by atoms with Crippen LogP contribution in [-0.2, 0) is 0 Å². The second-order valence-corrected chi connectivity index (χ2v) is 4.31. The Balaban J connectivity index is 2.25. The average molecular weight is 268 g/mol. The van der Waals surface area contributed by atoms with Crippen LogP contribution >= 0.6 is 0 Å². The van der Waals surface area contributed by atoms with Crippen LogP contribution in [0.5, 0.6) is 11.6 Å². The van der Waals surface area contributed by atoms with Gasteiger partial charge in [0.25, 0.3) is 0 Å². The van der Waals surface area contributed by atoms with Crippen LogP contribution in [0.15, 0.2) is 30.3 Å². The second kappa shape index (κ2) is 6.53. The molecule has 0 spiro atoms. The lowest BCUT2D eigenvalue weighted by Gasteiger charge is -2.09. The van der Waals surface area contributed by atoms with E-state index in [-0.39, 0.29) is 0 Å². The fourth-order valence-electron chi connectivity index (χ4n) is 1.67. The topological polar surface area (TPSA) is 70.8 Å². The molecule has 5 heteroatoms. The lowest BCUT2D eigenvalue weighted by Crippen LogP contribution is -2.05. The number of hydrogen-bond acceptors (Lipinski definition) is 5. The van der Waals surface area contributed by atoms with Crippen LogP contribution in [0.3, 0.4) is 0 Å². The molecule has 20 heavy (non-hydrogen) atoms. The van der Waals surface area contributed by atoms with Gasteiger partial charge in [-0.05, 0) is 25.5 Å². The number of ether oxygens (including phenoxy) is 1. The van der Waals surface area contributed by atoms with Crippen LogP contribution in [0, 0.1) is 18.3 Å². The lowest BCUT2D eigenvalue weighted by atomic mass is 10.2. The molecule has 0 fully saturated rings. The molecule has 0 amide bonds. The zero-order chi connectivity index (χ0) is 14.4. The maximum Gasteiger partial charge on any atom is 0.226 e. The van der Waals surface area contributed by atoms with Gasteiger partial charge in [-0.25, -0.2) is 4.98 Å². The Morgan fingerprint density at radius 2 is 2.10 bits per heavy atom. The van der Waals surface area contributed by atoms with E-state index in [0.29, 0.717) is 23.1 Å². The summed E-state index contributed by atoms with van der Waals surface area (Å²) in [5, 5.41) is 12.2. The third-order valence-electron chi connectivity index (χ3n) is 2.59. The molecule has 2 rings (SSSR count). The molecule has 1 aromatic carbocycles. The van der Waals surface area contributed by atoms with Crippen molar-refractivity contribution >= 4 is 5.95 Å². The molecule has 2 aromatic rings. The van der Waals surface area contributed by atoms with Gasteiger partial charge in [-0.1, -0.05) is 19.1 Å². The van der Waals surface area contributed by atoms with Crippen molar-refractivity contribution in [2.45, 2.75) is 20.3 Å². The maximum absolute atomic E-state index is 9.05. The summed E-state index contributed by atoms with van der Waals surface area (Å²) in [6.07, 6.45) is 0.991. The number of nitrogens with one attached hydrogen (secondary N) is 1. The van der Waals surface area contributed by atoms with E-state index in [1.165, 1.54) is 0 Å². The van der Waals surface area contributed by atoms with Crippen LogP contribution in [0.4, 0.5) is 5.95 Å². The van der Waals surface area contributed by atoms with Crippen LogP contribution in [0.25, 0.3) is 0 Å². The zero-order valence-corrected chi connectivity index (χ0v) is 11.6. The summed E-state index contributed by atoms with van der Waals surface area (Å²) < 4.78 is 5.69. The van der Waals surface area contributed by atoms with E-state index in [9.17, 15) is 0 Å². The molecule has 0 aliphatic heterocycles. The molecule has 0 aliphatic carbocycles. The van der Waals surface area contributed by atoms with E-state index in [1.54, 1.807) is 24.3 Å². The standard InChI is InChI=1S/C15H16N4O/c1-3-8-17-15-18-11(2)9-14(19-15)20-13-7-5-4-6-12(13)10-16/h4-7,9H,3,8H2,1-2H3,(H,17,18,19). The largest absolute Gasteiger partial charge is 0.437 e. The summed E-state index contributed by atoms with van der Waals surface area (Å²) >= 11 is 0. The van der Waals surface area contributed by atoms with E-state index >= 15 is 0 Å². The minimum Gasteiger partial charge on any atom is -0.437 e. The number of anilines is 1. The number of rotatable bonds is 5. The summed E-state index contributed by atoms with van der Waals surface area (Å²) in [7, 11) is 0. The highest BCUT2D eigenvalue weighted by Crippen LogP contribution is 2.24. The Hall–Kier alpha value is -2.61. The van der Waals surface area contributed by atoms with Crippen molar-refractivity contribution in [1.82, 2.24) is 9.97 Å². The van der Waals surface area contributed by atoms with E-state index < -0.39 is 0 Å². The fourth-order valence-corrected chi connectivity index (χ4v) is 1.67. The number of benzene rings is 1. The van der Waals surface area contributed by atoms with Gasteiger partial charge in [0.2, 0.25) is 11.8 Å². The first kappa shape index (κ1) is 13.8. The van der Waals surface area contributed by atoms with Crippen molar-refractivity contribution in [2.75, 3.05) is 11.9 Å². The number of para-hydroxylation sites is 1. The van der Waals surface area contributed by atoms with Crippen LogP contribution < -0.4 is 10.1 Å². The van der Waals surface area contributed by atoms with Crippen molar-refractivity contribution in [3.8, 4) is 17.7 Å². The quantitative estimate of drug-likeness (QED) is 0.901. The van der Waals surface area contributed by atoms with Gasteiger partial charge in [-0.3, -0.25) is 0 Å². The van der Waals surface area contributed by atoms with Gasteiger partial charge in [0, 0.05) is 18.3 Å². The molecule has 0 saturated heterocycles. The van der Waals surface area contributed by atoms with E-state index in [0.717, 1.165) is 18.7 Å². The van der Waals surface area contributed by atoms with Crippen molar-refractivity contribution in [3.05, 3.63) is 41.6 Å². The lowest BCUT2D eigenvalue weighted by molar-refractivity contribution is 0.460. The predicted octanol–water partition coefficient (Wildman–Crippen LogP) is 3.27. The van der Waals surface area contributed by atoms with Gasteiger partial charge in [0.1, 0.15) is 11.8 Å². The highest BCUT2D eigenvalue weighted by atomic mass is 16.5. The van der Waals surface area contributed by atoms with Gasteiger partial charge in [0.05, 0.1) is 5.56 Å². The Kier molecular flexibility index (Phi) is 4.51. The van der Waals surface area contributed by atoms with Crippen molar-refractivity contribution in [2.24, 2.45) is 0 Å². The molecule has 0 saturated carbocycles. The summed E-state index contributed by atoms with van der Waals surface area (Å²) in [4.78, 5) is 8.58. The highest BCUT2D eigenvalue weighted by Gasteiger charge is 2.07. The van der Waals surface area contributed by atoms with Crippen molar-refractivity contribution in [3.63, 3.8) is 0 Å². The molecular weight excluding hydrogens is 252 g/mol. The third-order valence-corrected chi connectivity index (χ3v) is 2.59. The SMILES string of the molecule is CCCNc1nc(C)cc(Oc2ccccc2C#N)n1. The fraction of sp³-hybridized carbons (Fsp3) is 0.267. The van der Waals surface area contributed by atoms with E-state index in [1.807, 2.05) is 13.0 Å². The van der Waals surface area contributed by atoms with Crippen molar-refractivity contribution < 1.29 is 4.74 Å². The van der Waals surface area contributed by atoms with E-state index in [4.69, 9.17) is 10.00 Å². The molecule has 102 valence electrons. The second-order valence-electron chi connectivity index (χ2n) is 4.31. The minimum atomic E-state index is 0.429. The first-order chi connectivity index (χ1) is 9.72. The molecular formula is C15H16N4O. The minimum absolute atomic E-state index is 0.429. The first-order valence-electron chi connectivity index (χ1n) is 6.49. The summed E-state index contributed by atoms with van der Waals surface area (Å²) in [6.45, 7) is 4.75. The molecule has 0 unspecified atom stereocenters. The highest BCUT2D eigenvalue weighted by molar-refractivity contribution is 5.44. The molecule has 0 atom stereocenters. The average Bonchev–Trinajstić information content (AvgIpc) is 2.45. The summed E-state index contributed by atoms with van der Waals surface area (Å²) in [6, 6.07) is 10.9. The van der Waals surface area contributed by atoms with Gasteiger partial charge in [0.15, 0.2) is 0 Å². The smallest absolute Gasteiger partial charge is 0.226 e. The first-order valence-corrected chi connectivity index (χ1v) is 6.49. The number of aryl methyl sites for hydroxylation is 1. The monoisotopic (exact) mass is 268 g/mol. The van der Waals surface area contributed by atoms with Crippen LogP contribution in [0.2, 0.25) is 0 Å². The van der Waals surface area contributed by atoms with Gasteiger partial charge >= 0.3 is 0 Å². The molecule has 0 bridgehead atoms. The Morgan fingerprint density at radius 3 is 2.85 bits per heavy atom. The van der Waals surface area contributed by atoms with E-state index in [2.05, 4.69) is 28.3 Å². The van der Waals surface area contributed by atoms with Gasteiger partial charge < -0.3 is 10.1 Å². The Bertz CT molecular complexity index is 634. The molecule has 5 nitrogen and oxygen atoms in total. The molecule has 0 radical (unpaired) electrons. The number of nitrogens with zero attached hydrogens (tertiary/aromatic N) is 3. The predicted molar refractivity (Wildman–Crippen MR) is 76.8 cm³/mol. The Morgan fingerprint density at radius 1 is 1.30 bits per heavy atom. The number of aromatic nitrogens is 2. The normalized spacial score (nSPS) is 9.85. The number of nitriles is 1. The molecule has 1 aromatic heterocycles. The number of hydrogen-bond donors (Lipinski definition) is 1. The van der Waals surface area contributed by atoms with Crippen LogP contribution in [-0.4, -0.2) is 16.5 Å². The summed E-state index contributed by atoms with van der Waals surface area (Å²) in [5.41, 5.74) is 1.29. The Labute approximate surface area is 118 Å². The van der Waals surface area contributed by atoms with Crippen molar-refractivity contribution in [1.29, 1.82) is 5.26 Å². The zero-order valence-electron chi connectivity index (χ0n) is 11.6. The van der Waals surface area contributed by atoms with Gasteiger partial charge in [-0.15, -0.1) is 0 Å². The maximum atomic E-state index is 9.05. The molecule has 1 N–H and O–H groups in total. The third kappa shape index (κ3) is 3.45. The molecule has 0 aliphatic rings. The summed E-state index contributed by atoms with van der Waals surface area (Å²) in [5.74, 6) is 1.46. The van der Waals surface area contributed by atoms with Crippen LogP contribution in [0.1, 0.15) is 24.6 Å².